The second kappa shape index (κ2) is 6.90. The molecule has 0 aliphatic rings. The molecule has 0 unspecified atom stereocenters. The highest BCUT2D eigenvalue weighted by molar-refractivity contribution is 7.80. The first kappa shape index (κ1) is 13.6. The highest BCUT2D eigenvalue weighted by Gasteiger charge is 1.99. The van der Waals surface area contributed by atoms with Gasteiger partial charge in [0.2, 0.25) is 0 Å². The summed E-state index contributed by atoms with van der Waals surface area (Å²) >= 11 is 5.21. The van der Waals surface area contributed by atoms with E-state index in [0.717, 1.165) is 18.7 Å². The molecular weight excluding hydrogens is 252 g/mol. The van der Waals surface area contributed by atoms with Crippen molar-refractivity contribution in [2.75, 3.05) is 11.9 Å². The highest BCUT2D eigenvalue weighted by atomic mass is 32.1. The van der Waals surface area contributed by atoms with Crippen molar-refractivity contribution in [1.82, 2.24) is 5.32 Å². The third-order valence-electron chi connectivity index (χ3n) is 2.79. The molecule has 98 valence electrons. The summed E-state index contributed by atoms with van der Waals surface area (Å²) in [6.07, 6.45) is 1.06. The molecule has 0 aromatic heterocycles. The number of thiocarbonyl (C=S) groups is 1. The van der Waals surface area contributed by atoms with E-state index in [0.29, 0.717) is 5.11 Å². The number of nitrogens with one attached hydrogen (secondary N) is 2. The van der Waals surface area contributed by atoms with E-state index in [1.54, 1.807) is 0 Å². The van der Waals surface area contributed by atoms with E-state index >= 15 is 0 Å². The van der Waals surface area contributed by atoms with Crippen LogP contribution in [0.15, 0.2) is 54.6 Å². The van der Waals surface area contributed by atoms with E-state index in [1.165, 1.54) is 11.1 Å². The molecule has 2 nitrogen and oxygen atoms in total. The molecule has 0 amide bonds. The van der Waals surface area contributed by atoms with Gasteiger partial charge in [0, 0.05) is 12.2 Å². The average molecular weight is 270 g/mol. The zero-order chi connectivity index (χ0) is 13.5. The lowest BCUT2D eigenvalue weighted by Crippen LogP contribution is -2.28. The van der Waals surface area contributed by atoms with E-state index in [-0.39, 0.29) is 0 Å². The second-order valence-electron chi connectivity index (χ2n) is 4.32. The maximum atomic E-state index is 5.21. The minimum atomic E-state index is 0.675. The van der Waals surface area contributed by atoms with Crippen LogP contribution in [0.2, 0.25) is 0 Å². The number of rotatable bonds is 4. The van der Waals surface area contributed by atoms with Crippen molar-refractivity contribution in [3.05, 3.63) is 54.6 Å². The zero-order valence-electron chi connectivity index (χ0n) is 11.0. The molecule has 19 heavy (non-hydrogen) atoms. The molecule has 0 atom stereocenters. The van der Waals surface area contributed by atoms with Crippen LogP contribution in [0.4, 0.5) is 5.69 Å². The fourth-order valence-electron chi connectivity index (χ4n) is 1.79. The molecule has 0 spiro atoms. The Morgan fingerprint density at radius 1 is 0.947 bits per heavy atom. The minimum absolute atomic E-state index is 0.675. The number of hydrogen-bond donors (Lipinski definition) is 2. The van der Waals surface area contributed by atoms with Crippen molar-refractivity contribution >= 4 is 23.0 Å². The third kappa shape index (κ3) is 4.07. The molecule has 0 radical (unpaired) electrons. The second-order valence-corrected chi connectivity index (χ2v) is 4.73. The average Bonchev–Trinajstić information content (AvgIpc) is 2.47. The maximum Gasteiger partial charge on any atom is 0.170 e. The monoisotopic (exact) mass is 270 g/mol. The van der Waals surface area contributed by atoms with Crippen LogP contribution < -0.4 is 10.6 Å². The van der Waals surface area contributed by atoms with Crippen LogP contribution in [0.3, 0.4) is 0 Å². The number of anilines is 1. The van der Waals surface area contributed by atoms with Crippen molar-refractivity contribution < 1.29 is 0 Å². The van der Waals surface area contributed by atoms with Crippen molar-refractivity contribution in [3.8, 4) is 11.1 Å². The molecule has 2 N–H and O–H groups in total. The van der Waals surface area contributed by atoms with Gasteiger partial charge in [-0.2, -0.15) is 0 Å². The van der Waals surface area contributed by atoms with Crippen LogP contribution >= 0.6 is 12.2 Å². The molecule has 2 rings (SSSR count). The Morgan fingerprint density at radius 2 is 1.58 bits per heavy atom. The lowest BCUT2D eigenvalue weighted by Gasteiger charge is -2.10. The standard InChI is InChI=1S/C16H18N2S/c1-2-12-17-16(19)18-15-10-8-14(9-11-15)13-6-4-3-5-7-13/h3-11H,2,12H2,1H3,(H2,17,18,19). The Morgan fingerprint density at radius 3 is 2.21 bits per heavy atom. The van der Waals surface area contributed by atoms with Crippen LogP contribution in [0.5, 0.6) is 0 Å². The van der Waals surface area contributed by atoms with Gasteiger partial charge in [-0.1, -0.05) is 49.4 Å². The molecule has 2 aromatic carbocycles. The van der Waals surface area contributed by atoms with Crippen LogP contribution in [-0.2, 0) is 0 Å². The summed E-state index contributed by atoms with van der Waals surface area (Å²) in [6, 6.07) is 18.6. The molecule has 0 aliphatic carbocycles. The SMILES string of the molecule is CCCNC(=S)Nc1ccc(-c2ccccc2)cc1. The lowest BCUT2D eigenvalue weighted by atomic mass is 10.1. The predicted octanol–water partition coefficient (Wildman–Crippen LogP) is 4.05. The van der Waals surface area contributed by atoms with Crippen molar-refractivity contribution in [2.24, 2.45) is 0 Å². The summed E-state index contributed by atoms with van der Waals surface area (Å²) in [5.41, 5.74) is 3.44. The van der Waals surface area contributed by atoms with E-state index < -0.39 is 0 Å². The van der Waals surface area contributed by atoms with E-state index in [9.17, 15) is 0 Å². The van der Waals surface area contributed by atoms with Crippen LogP contribution in [0, 0.1) is 0 Å². The van der Waals surface area contributed by atoms with Crippen molar-refractivity contribution in [3.63, 3.8) is 0 Å². The van der Waals surface area contributed by atoms with E-state index in [4.69, 9.17) is 12.2 Å². The Kier molecular flexibility index (Phi) is 4.93. The summed E-state index contributed by atoms with van der Waals surface area (Å²) in [5.74, 6) is 0. The Labute approximate surface area is 119 Å². The van der Waals surface area contributed by atoms with Gasteiger partial charge in [0.15, 0.2) is 5.11 Å². The topological polar surface area (TPSA) is 24.1 Å². The number of benzene rings is 2. The Bertz CT molecular complexity index is 520. The van der Waals surface area contributed by atoms with Gasteiger partial charge in [0.05, 0.1) is 0 Å². The fraction of sp³-hybridized carbons (Fsp3) is 0.188. The van der Waals surface area contributed by atoms with Gasteiger partial charge in [-0.3, -0.25) is 0 Å². The van der Waals surface area contributed by atoms with Crippen LogP contribution in [0.25, 0.3) is 11.1 Å². The van der Waals surface area contributed by atoms with E-state index in [1.807, 2.05) is 30.3 Å². The molecule has 0 saturated carbocycles. The predicted molar refractivity (Wildman–Crippen MR) is 86.4 cm³/mol. The first-order valence-electron chi connectivity index (χ1n) is 6.50. The largest absolute Gasteiger partial charge is 0.362 e. The molecule has 0 heterocycles. The van der Waals surface area contributed by atoms with Gasteiger partial charge >= 0.3 is 0 Å². The maximum absolute atomic E-state index is 5.21. The third-order valence-corrected chi connectivity index (χ3v) is 3.03. The van der Waals surface area contributed by atoms with Crippen molar-refractivity contribution in [1.29, 1.82) is 0 Å². The number of hydrogen-bond acceptors (Lipinski definition) is 1. The summed E-state index contributed by atoms with van der Waals surface area (Å²) in [7, 11) is 0. The molecule has 0 saturated heterocycles. The van der Waals surface area contributed by atoms with Gasteiger partial charge in [-0.15, -0.1) is 0 Å². The van der Waals surface area contributed by atoms with Crippen LogP contribution in [0.1, 0.15) is 13.3 Å². The molecule has 3 heteroatoms. The highest BCUT2D eigenvalue weighted by Crippen LogP contribution is 2.20. The van der Waals surface area contributed by atoms with Crippen LogP contribution in [-0.4, -0.2) is 11.7 Å². The van der Waals surface area contributed by atoms with Gasteiger partial charge < -0.3 is 10.6 Å². The Balaban J connectivity index is 2.01. The van der Waals surface area contributed by atoms with Gasteiger partial charge in [0.25, 0.3) is 0 Å². The lowest BCUT2D eigenvalue weighted by molar-refractivity contribution is 0.846. The first-order chi connectivity index (χ1) is 9.29. The Hall–Kier alpha value is -1.87. The van der Waals surface area contributed by atoms with Crippen molar-refractivity contribution in [2.45, 2.75) is 13.3 Å². The smallest absolute Gasteiger partial charge is 0.170 e. The first-order valence-corrected chi connectivity index (χ1v) is 6.91. The quantitative estimate of drug-likeness (QED) is 0.820. The van der Waals surface area contributed by atoms with Gasteiger partial charge in [0.1, 0.15) is 0 Å². The van der Waals surface area contributed by atoms with Gasteiger partial charge in [-0.05, 0) is 41.9 Å². The minimum Gasteiger partial charge on any atom is -0.362 e. The fourth-order valence-corrected chi connectivity index (χ4v) is 2.01. The summed E-state index contributed by atoms with van der Waals surface area (Å²) in [4.78, 5) is 0. The summed E-state index contributed by atoms with van der Waals surface area (Å²) in [6.45, 7) is 3.01. The van der Waals surface area contributed by atoms with E-state index in [2.05, 4.69) is 41.8 Å². The molecule has 0 bridgehead atoms. The normalized spacial score (nSPS) is 9.95. The summed E-state index contributed by atoms with van der Waals surface area (Å²) in [5, 5.41) is 7.00. The molecule has 0 aliphatic heterocycles. The molecule has 0 fully saturated rings. The molecular formula is C16H18N2S. The summed E-state index contributed by atoms with van der Waals surface area (Å²) < 4.78 is 0. The molecule has 2 aromatic rings. The van der Waals surface area contributed by atoms with Gasteiger partial charge in [-0.25, -0.2) is 0 Å². The zero-order valence-corrected chi connectivity index (χ0v) is 11.8.